The zero-order valence-corrected chi connectivity index (χ0v) is 13.6. The van der Waals surface area contributed by atoms with Crippen molar-refractivity contribution in [2.45, 2.75) is 46.1 Å². The largest absolute Gasteiger partial charge is 0.391 e. The maximum absolute atomic E-state index is 9.66. The highest BCUT2D eigenvalue weighted by molar-refractivity contribution is 5.57. The second kappa shape index (κ2) is 9.52. The molecule has 1 unspecified atom stereocenters. The summed E-state index contributed by atoms with van der Waals surface area (Å²) in [5, 5.41) is 16.3. The topological polar surface area (TPSA) is 79.3 Å². The zero-order chi connectivity index (χ0) is 15.7. The van der Waals surface area contributed by atoms with E-state index in [1.165, 1.54) is 0 Å². The summed E-state index contributed by atoms with van der Waals surface area (Å²) in [5.41, 5.74) is 1.02. The molecule has 0 bridgehead atoms. The monoisotopic (exact) mass is 296 g/mol. The van der Waals surface area contributed by atoms with Crippen molar-refractivity contribution in [2.75, 3.05) is 37.4 Å². The van der Waals surface area contributed by atoms with Crippen molar-refractivity contribution in [3.63, 3.8) is 0 Å². The molecule has 0 aliphatic carbocycles. The summed E-state index contributed by atoms with van der Waals surface area (Å²) < 4.78 is 4.92. The van der Waals surface area contributed by atoms with E-state index in [4.69, 9.17) is 4.74 Å². The van der Waals surface area contributed by atoms with Gasteiger partial charge in [-0.15, -0.1) is 0 Å². The Kier molecular flexibility index (Phi) is 8.00. The second-order valence-corrected chi connectivity index (χ2v) is 5.07. The average molecular weight is 296 g/mol. The fourth-order valence-corrected chi connectivity index (χ4v) is 1.94. The predicted molar refractivity (Wildman–Crippen MR) is 85.9 cm³/mol. The number of nitrogens with zero attached hydrogens (tertiary/aromatic N) is 2. The van der Waals surface area contributed by atoms with Crippen molar-refractivity contribution in [3.8, 4) is 0 Å². The third kappa shape index (κ3) is 5.85. The molecule has 0 spiro atoms. The van der Waals surface area contributed by atoms with Gasteiger partial charge in [-0.1, -0.05) is 13.8 Å². The van der Waals surface area contributed by atoms with Crippen LogP contribution in [-0.4, -0.2) is 48.0 Å². The third-order valence-electron chi connectivity index (χ3n) is 3.18. The van der Waals surface area contributed by atoms with E-state index in [2.05, 4.69) is 27.5 Å². The second-order valence-electron chi connectivity index (χ2n) is 5.07. The highest BCUT2D eigenvalue weighted by atomic mass is 16.5. The fraction of sp³-hybridized carbons (Fsp3) is 0.733. The van der Waals surface area contributed by atoms with Gasteiger partial charge < -0.3 is 20.5 Å². The average Bonchev–Trinajstić information content (AvgIpc) is 2.48. The first-order valence-electron chi connectivity index (χ1n) is 7.64. The van der Waals surface area contributed by atoms with Crippen LogP contribution in [0.15, 0.2) is 0 Å². The first kappa shape index (κ1) is 17.7. The number of nitrogens with one attached hydrogen (secondary N) is 2. The van der Waals surface area contributed by atoms with Gasteiger partial charge in [0.15, 0.2) is 0 Å². The lowest BCUT2D eigenvalue weighted by molar-refractivity contribution is 0.0615. The van der Waals surface area contributed by atoms with Crippen molar-refractivity contribution in [2.24, 2.45) is 0 Å². The van der Waals surface area contributed by atoms with Crippen LogP contribution in [0.5, 0.6) is 0 Å². The maximum atomic E-state index is 9.66. The molecule has 0 radical (unpaired) electrons. The minimum Gasteiger partial charge on any atom is -0.391 e. The van der Waals surface area contributed by atoms with Crippen molar-refractivity contribution >= 4 is 11.6 Å². The quantitative estimate of drug-likeness (QED) is 0.613. The van der Waals surface area contributed by atoms with E-state index in [1.54, 1.807) is 7.11 Å². The van der Waals surface area contributed by atoms with Gasteiger partial charge in [-0.2, -0.15) is 0 Å². The Morgan fingerprint density at radius 1 is 1.14 bits per heavy atom. The lowest BCUT2D eigenvalue weighted by Crippen LogP contribution is -2.19. The molecule has 21 heavy (non-hydrogen) atoms. The normalized spacial score (nSPS) is 12.2. The van der Waals surface area contributed by atoms with Crippen molar-refractivity contribution in [3.05, 3.63) is 11.4 Å². The predicted octanol–water partition coefficient (Wildman–Crippen LogP) is 1.98. The molecule has 3 N–H and O–H groups in total. The summed E-state index contributed by atoms with van der Waals surface area (Å²) in [7, 11) is 1.59. The van der Waals surface area contributed by atoms with Gasteiger partial charge in [0.2, 0.25) is 0 Å². The number of aliphatic hydroxyl groups is 1. The number of aromatic nitrogens is 2. The van der Waals surface area contributed by atoms with Crippen LogP contribution in [0.25, 0.3) is 0 Å². The number of aliphatic hydroxyl groups excluding tert-OH is 1. The van der Waals surface area contributed by atoms with E-state index in [9.17, 15) is 5.11 Å². The highest BCUT2D eigenvalue weighted by Crippen LogP contribution is 2.20. The highest BCUT2D eigenvalue weighted by Gasteiger charge is 2.10. The van der Waals surface area contributed by atoms with Crippen LogP contribution in [0.4, 0.5) is 11.6 Å². The molecule has 0 aliphatic rings. The van der Waals surface area contributed by atoms with Crippen LogP contribution in [0.1, 0.15) is 38.1 Å². The smallest absolute Gasteiger partial charge is 0.134 e. The molecule has 1 rings (SSSR count). The minimum absolute atomic E-state index is 0.355. The van der Waals surface area contributed by atoms with Gasteiger partial charge in [0.25, 0.3) is 0 Å². The number of methoxy groups -OCH3 is 1. The molecule has 0 aromatic carbocycles. The van der Waals surface area contributed by atoms with E-state index in [0.29, 0.717) is 19.6 Å². The Labute approximate surface area is 127 Å². The van der Waals surface area contributed by atoms with Crippen LogP contribution < -0.4 is 10.6 Å². The molecular weight excluding hydrogens is 268 g/mol. The molecule has 0 saturated heterocycles. The molecular formula is C15H28N4O2. The van der Waals surface area contributed by atoms with Gasteiger partial charge in [0.05, 0.1) is 12.7 Å². The van der Waals surface area contributed by atoms with Crippen molar-refractivity contribution < 1.29 is 9.84 Å². The number of anilines is 2. The molecule has 1 heterocycles. The van der Waals surface area contributed by atoms with E-state index >= 15 is 0 Å². The molecule has 1 atom stereocenters. The first-order chi connectivity index (χ1) is 10.1. The number of ether oxygens (including phenoxy) is 1. The Hall–Kier alpha value is -1.40. The Bertz CT molecular complexity index is 426. The molecule has 0 aliphatic heterocycles. The van der Waals surface area contributed by atoms with Crippen LogP contribution in [-0.2, 0) is 11.2 Å². The van der Waals surface area contributed by atoms with E-state index < -0.39 is 6.10 Å². The van der Waals surface area contributed by atoms with Crippen LogP contribution in [0.2, 0.25) is 0 Å². The Morgan fingerprint density at radius 2 is 1.76 bits per heavy atom. The number of aryl methyl sites for hydroxylation is 1. The van der Waals surface area contributed by atoms with Crippen molar-refractivity contribution in [1.29, 1.82) is 0 Å². The molecule has 0 amide bonds. The number of hydrogen-bond donors (Lipinski definition) is 3. The van der Waals surface area contributed by atoms with Gasteiger partial charge in [0, 0.05) is 32.2 Å². The molecule has 1 aromatic heterocycles. The first-order valence-corrected chi connectivity index (χ1v) is 7.64. The summed E-state index contributed by atoms with van der Waals surface area (Å²) in [6.07, 6.45) is 2.02. The SMILES string of the molecule is CCCNc1nc(CC)nc(NCCC(O)COC)c1C. The van der Waals surface area contributed by atoms with E-state index in [-0.39, 0.29) is 0 Å². The van der Waals surface area contributed by atoms with Crippen LogP contribution >= 0.6 is 0 Å². The van der Waals surface area contributed by atoms with Crippen LogP contribution in [0, 0.1) is 6.92 Å². The van der Waals surface area contributed by atoms with Crippen LogP contribution in [0.3, 0.4) is 0 Å². The third-order valence-corrected chi connectivity index (χ3v) is 3.18. The standard InChI is InChI=1S/C15H28N4O2/c1-5-8-16-14-11(3)15(19-13(6-2)18-14)17-9-7-12(20)10-21-4/h12,20H,5-10H2,1-4H3,(H2,16,17,18,19). The lowest BCUT2D eigenvalue weighted by atomic mass is 10.2. The summed E-state index contributed by atoms with van der Waals surface area (Å²) >= 11 is 0. The molecule has 120 valence electrons. The van der Waals surface area contributed by atoms with Gasteiger partial charge >= 0.3 is 0 Å². The molecule has 1 aromatic rings. The number of rotatable bonds is 10. The zero-order valence-electron chi connectivity index (χ0n) is 13.6. The Balaban J connectivity index is 2.71. The molecule has 0 saturated carbocycles. The van der Waals surface area contributed by atoms with E-state index in [1.807, 2.05) is 13.8 Å². The number of hydrogen-bond acceptors (Lipinski definition) is 6. The molecule has 6 heteroatoms. The molecule has 0 fully saturated rings. The van der Waals surface area contributed by atoms with Gasteiger partial charge in [-0.05, 0) is 19.8 Å². The Morgan fingerprint density at radius 3 is 2.29 bits per heavy atom. The van der Waals surface area contributed by atoms with Gasteiger partial charge in [-0.25, -0.2) is 9.97 Å². The van der Waals surface area contributed by atoms with E-state index in [0.717, 1.165) is 42.4 Å². The summed E-state index contributed by atoms with van der Waals surface area (Å²) in [6.45, 7) is 8.08. The maximum Gasteiger partial charge on any atom is 0.134 e. The van der Waals surface area contributed by atoms with Gasteiger partial charge in [0.1, 0.15) is 17.5 Å². The van der Waals surface area contributed by atoms with Crippen molar-refractivity contribution in [1.82, 2.24) is 9.97 Å². The summed E-state index contributed by atoms with van der Waals surface area (Å²) in [4.78, 5) is 9.06. The minimum atomic E-state index is -0.451. The fourth-order valence-electron chi connectivity index (χ4n) is 1.94. The summed E-state index contributed by atoms with van der Waals surface area (Å²) in [5.74, 6) is 2.55. The molecule has 6 nitrogen and oxygen atoms in total. The summed E-state index contributed by atoms with van der Waals surface area (Å²) in [6, 6.07) is 0. The van der Waals surface area contributed by atoms with Gasteiger partial charge in [-0.3, -0.25) is 0 Å². The lowest BCUT2D eigenvalue weighted by Gasteiger charge is -2.15.